The molecule has 6 nitrogen and oxygen atoms in total. The Kier molecular flexibility index (Phi) is 7.07. The summed E-state index contributed by atoms with van der Waals surface area (Å²) in [5.74, 6) is -1.87. The third kappa shape index (κ3) is 6.26. The number of hydrogen-bond acceptors (Lipinski definition) is 6. The van der Waals surface area contributed by atoms with E-state index in [1.54, 1.807) is 12.1 Å². The fourth-order valence-electron chi connectivity index (χ4n) is 2.95. The minimum atomic E-state index is -5.10. The van der Waals surface area contributed by atoms with Crippen LogP contribution in [-0.2, 0) is 11.2 Å². The van der Waals surface area contributed by atoms with Crippen molar-refractivity contribution in [3.63, 3.8) is 0 Å². The molecule has 0 bridgehead atoms. The van der Waals surface area contributed by atoms with Crippen LogP contribution in [0.25, 0.3) is 11.3 Å². The van der Waals surface area contributed by atoms with Gasteiger partial charge in [-0.15, -0.1) is 0 Å². The molecule has 170 valence electrons. The summed E-state index contributed by atoms with van der Waals surface area (Å²) in [4.78, 5) is 13.0. The third-order valence-corrected chi connectivity index (χ3v) is 4.52. The van der Waals surface area contributed by atoms with Gasteiger partial charge in [0.05, 0.1) is 12.2 Å². The zero-order valence-corrected chi connectivity index (χ0v) is 17.8. The van der Waals surface area contributed by atoms with Crippen LogP contribution in [-0.4, -0.2) is 37.0 Å². The lowest BCUT2D eigenvalue weighted by molar-refractivity contribution is -0.190. The first-order chi connectivity index (χ1) is 15.1. The minimum absolute atomic E-state index is 0.114. The van der Waals surface area contributed by atoms with Crippen molar-refractivity contribution >= 4 is 11.7 Å². The lowest BCUT2D eigenvalue weighted by Crippen LogP contribution is -2.28. The van der Waals surface area contributed by atoms with Gasteiger partial charge in [-0.05, 0) is 67.4 Å². The molecule has 0 amide bonds. The van der Waals surface area contributed by atoms with Crippen LogP contribution in [0.3, 0.4) is 0 Å². The molecule has 0 aliphatic carbocycles. The summed E-state index contributed by atoms with van der Waals surface area (Å²) in [5, 5.41) is 3.35. The number of carbonyl (C=O) groups is 1. The quantitative estimate of drug-likeness (QED) is 0.437. The van der Waals surface area contributed by atoms with Crippen LogP contribution >= 0.6 is 0 Å². The molecule has 32 heavy (non-hydrogen) atoms. The highest BCUT2D eigenvalue weighted by molar-refractivity contribution is 5.78. The SMILES string of the molecule is CC(C)Oc1cccc(CCN(C)c2ccc(-c3cc(OC(=O)C(F)(F)F)no3)cc2)c1. The lowest BCUT2D eigenvalue weighted by Gasteiger charge is -2.20. The zero-order chi connectivity index (χ0) is 23.3. The van der Waals surface area contributed by atoms with Gasteiger partial charge in [0.15, 0.2) is 5.76 Å². The van der Waals surface area contributed by atoms with Gasteiger partial charge >= 0.3 is 12.1 Å². The molecule has 0 atom stereocenters. The predicted octanol–water partition coefficient (Wildman–Crippen LogP) is 5.28. The molecule has 0 N–H and O–H groups in total. The molecule has 3 rings (SSSR count). The van der Waals surface area contributed by atoms with Crippen LogP contribution in [0.5, 0.6) is 11.6 Å². The molecule has 0 saturated carbocycles. The first kappa shape index (κ1) is 23.2. The largest absolute Gasteiger partial charge is 0.491 e. The van der Waals surface area contributed by atoms with Crippen molar-refractivity contribution in [1.29, 1.82) is 0 Å². The first-order valence-corrected chi connectivity index (χ1v) is 9.94. The van der Waals surface area contributed by atoms with E-state index in [1.165, 1.54) is 0 Å². The Morgan fingerprint density at radius 3 is 2.50 bits per heavy atom. The molecule has 0 spiro atoms. The van der Waals surface area contributed by atoms with Gasteiger partial charge in [-0.1, -0.05) is 12.1 Å². The number of likely N-dealkylation sites (N-methyl/N-ethyl adjacent to an activating group) is 1. The van der Waals surface area contributed by atoms with Crippen LogP contribution in [0.4, 0.5) is 18.9 Å². The van der Waals surface area contributed by atoms with Crippen molar-refractivity contribution in [3.8, 4) is 23.0 Å². The number of ether oxygens (including phenoxy) is 2. The number of hydrogen-bond donors (Lipinski definition) is 0. The number of anilines is 1. The van der Waals surface area contributed by atoms with Crippen LogP contribution in [0.15, 0.2) is 59.1 Å². The minimum Gasteiger partial charge on any atom is -0.491 e. The van der Waals surface area contributed by atoms with E-state index in [1.807, 2.05) is 51.2 Å². The Balaban J connectivity index is 1.59. The van der Waals surface area contributed by atoms with E-state index in [2.05, 4.69) is 20.9 Å². The Hall–Kier alpha value is -3.49. The standard InChI is InChI=1S/C23H23F3N2O4/c1-15(2)30-19-6-4-5-16(13-19)11-12-28(3)18-9-7-17(8-10-18)20-14-21(27-32-20)31-22(29)23(24,25)26/h4-10,13-15H,11-12H2,1-3H3. The first-order valence-electron chi connectivity index (χ1n) is 9.94. The number of nitrogens with zero attached hydrogens (tertiary/aromatic N) is 2. The summed E-state index contributed by atoms with van der Waals surface area (Å²) in [5.41, 5.74) is 2.70. The maximum atomic E-state index is 12.3. The maximum absolute atomic E-state index is 12.3. The number of carbonyl (C=O) groups excluding carboxylic acids is 1. The molecular formula is C23H23F3N2O4. The number of halogens is 3. The second kappa shape index (κ2) is 9.76. The molecule has 2 aromatic carbocycles. The average Bonchev–Trinajstić information content (AvgIpc) is 3.20. The average molecular weight is 448 g/mol. The molecule has 0 radical (unpaired) electrons. The van der Waals surface area contributed by atoms with E-state index in [0.717, 1.165) is 36.0 Å². The number of benzene rings is 2. The molecule has 0 fully saturated rings. The summed E-state index contributed by atoms with van der Waals surface area (Å²) in [7, 11) is 1.96. The fraction of sp³-hybridized carbons (Fsp3) is 0.304. The highest BCUT2D eigenvalue weighted by Crippen LogP contribution is 2.27. The van der Waals surface area contributed by atoms with Crippen LogP contribution < -0.4 is 14.4 Å². The van der Waals surface area contributed by atoms with Gasteiger partial charge in [0.2, 0.25) is 0 Å². The predicted molar refractivity (Wildman–Crippen MR) is 113 cm³/mol. The van der Waals surface area contributed by atoms with Crippen molar-refractivity contribution in [1.82, 2.24) is 5.16 Å². The molecule has 0 aliphatic rings. The van der Waals surface area contributed by atoms with E-state index in [0.29, 0.717) is 5.56 Å². The number of aromatic nitrogens is 1. The summed E-state index contributed by atoms with van der Waals surface area (Å²) >= 11 is 0. The zero-order valence-electron chi connectivity index (χ0n) is 17.8. The summed E-state index contributed by atoms with van der Waals surface area (Å²) in [6.07, 6.45) is -4.17. The van der Waals surface area contributed by atoms with Gasteiger partial charge in [0, 0.05) is 24.8 Å². The highest BCUT2D eigenvalue weighted by Gasteiger charge is 2.42. The molecule has 1 heterocycles. The molecule has 3 aromatic rings. The monoisotopic (exact) mass is 448 g/mol. The van der Waals surface area contributed by atoms with Gasteiger partial charge in [-0.2, -0.15) is 13.2 Å². The Morgan fingerprint density at radius 2 is 1.84 bits per heavy atom. The summed E-state index contributed by atoms with van der Waals surface area (Å²) in [6, 6.07) is 16.3. The van der Waals surface area contributed by atoms with Gasteiger partial charge in [0.25, 0.3) is 5.88 Å². The van der Waals surface area contributed by atoms with E-state index in [9.17, 15) is 18.0 Å². The van der Waals surface area contributed by atoms with Gasteiger partial charge in [0.1, 0.15) is 5.75 Å². The van der Waals surface area contributed by atoms with E-state index in [4.69, 9.17) is 9.26 Å². The highest BCUT2D eigenvalue weighted by atomic mass is 19.4. The Bertz CT molecular complexity index is 1050. The van der Waals surface area contributed by atoms with Crippen LogP contribution in [0, 0.1) is 0 Å². The van der Waals surface area contributed by atoms with Crippen molar-refractivity contribution in [2.45, 2.75) is 32.5 Å². The topological polar surface area (TPSA) is 64.8 Å². The van der Waals surface area contributed by atoms with Crippen molar-refractivity contribution in [2.75, 3.05) is 18.5 Å². The second-order valence-corrected chi connectivity index (χ2v) is 7.45. The molecule has 0 aliphatic heterocycles. The fourth-order valence-corrected chi connectivity index (χ4v) is 2.95. The molecule has 1 aromatic heterocycles. The van der Waals surface area contributed by atoms with Crippen LogP contribution in [0.2, 0.25) is 0 Å². The van der Waals surface area contributed by atoms with E-state index in [-0.39, 0.29) is 11.9 Å². The summed E-state index contributed by atoms with van der Waals surface area (Å²) < 4.78 is 51.7. The molecule has 9 heteroatoms. The van der Waals surface area contributed by atoms with Crippen LogP contribution in [0.1, 0.15) is 19.4 Å². The van der Waals surface area contributed by atoms with Crippen molar-refractivity contribution in [3.05, 3.63) is 60.2 Å². The second-order valence-electron chi connectivity index (χ2n) is 7.45. The van der Waals surface area contributed by atoms with E-state index >= 15 is 0 Å². The van der Waals surface area contributed by atoms with Gasteiger partial charge in [-0.3, -0.25) is 0 Å². The smallest absolute Gasteiger partial charge is 0.491 e. The normalized spacial score (nSPS) is 11.5. The lowest BCUT2D eigenvalue weighted by atomic mass is 10.1. The Morgan fingerprint density at radius 1 is 1.12 bits per heavy atom. The van der Waals surface area contributed by atoms with Crippen molar-refractivity contribution < 1.29 is 32.0 Å². The van der Waals surface area contributed by atoms with E-state index < -0.39 is 18.0 Å². The molecule has 0 unspecified atom stereocenters. The maximum Gasteiger partial charge on any atom is 0.491 e. The summed E-state index contributed by atoms with van der Waals surface area (Å²) in [6.45, 7) is 4.74. The molecular weight excluding hydrogens is 425 g/mol. The van der Waals surface area contributed by atoms with Gasteiger partial charge < -0.3 is 18.9 Å². The third-order valence-electron chi connectivity index (χ3n) is 4.52. The molecule has 0 saturated heterocycles. The number of alkyl halides is 3. The van der Waals surface area contributed by atoms with Crippen molar-refractivity contribution in [2.24, 2.45) is 0 Å². The van der Waals surface area contributed by atoms with Gasteiger partial charge in [-0.25, -0.2) is 4.79 Å². The Labute approximate surface area is 183 Å². The number of esters is 1. The number of rotatable bonds is 8.